The van der Waals surface area contributed by atoms with E-state index in [-0.39, 0.29) is 11.9 Å². The third kappa shape index (κ3) is 3.16. The Morgan fingerprint density at radius 3 is 2.43 bits per heavy atom. The van der Waals surface area contributed by atoms with Crippen molar-refractivity contribution in [3.63, 3.8) is 0 Å². The highest BCUT2D eigenvalue weighted by Gasteiger charge is 2.53. The van der Waals surface area contributed by atoms with E-state index in [0.717, 1.165) is 24.8 Å². The predicted molar refractivity (Wildman–Crippen MR) is 92.2 cm³/mol. The number of rotatable bonds is 5. The number of carbonyl (C=O) groups is 1. The molecule has 1 amide bonds. The lowest BCUT2D eigenvalue weighted by Gasteiger charge is -2.30. The zero-order chi connectivity index (χ0) is 17.3. The molecule has 1 aliphatic rings. The number of carbonyl (C=O) groups excluding carboxylic acids is 1. The molecule has 0 saturated heterocycles. The Bertz CT molecular complexity index is 688. The van der Waals surface area contributed by atoms with Crippen LogP contribution in [-0.4, -0.2) is 25.1 Å². The normalized spacial score (nSPS) is 18.6. The van der Waals surface area contributed by atoms with Crippen LogP contribution < -0.4 is 5.32 Å². The second kappa shape index (κ2) is 6.63. The Labute approximate surface area is 139 Å². The maximum Gasteiger partial charge on any atom is 0.242 e. The molecular formula is C18H27NO3S. The van der Waals surface area contributed by atoms with Crippen molar-refractivity contribution in [2.24, 2.45) is 0 Å². The Morgan fingerprint density at radius 2 is 1.87 bits per heavy atom. The molecule has 1 aliphatic carbocycles. The molecule has 1 fully saturated rings. The fourth-order valence-corrected chi connectivity index (χ4v) is 5.61. The zero-order valence-electron chi connectivity index (χ0n) is 14.5. The molecule has 1 N–H and O–H groups in total. The maximum atomic E-state index is 13.4. The van der Waals surface area contributed by atoms with E-state index >= 15 is 0 Å². The minimum atomic E-state index is -3.72. The summed E-state index contributed by atoms with van der Waals surface area (Å²) in [5, 5.41) is 2.90. The van der Waals surface area contributed by atoms with Crippen molar-refractivity contribution in [1.82, 2.24) is 5.32 Å². The summed E-state index contributed by atoms with van der Waals surface area (Å²) < 4.78 is 25.4. The second-order valence-electron chi connectivity index (χ2n) is 6.76. The monoisotopic (exact) mass is 337 g/mol. The fourth-order valence-electron chi connectivity index (χ4n) is 3.23. The number of benzene rings is 1. The van der Waals surface area contributed by atoms with Crippen LogP contribution in [0.2, 0.25) is 0 Å². The lowest BCUT2D eigenvalue weighted by Crippen LogP contribution is -2.52. The summed E-state index contributed by atoms with van der Waals surface area (Å²) in [6.45, 7) is 7.55. The topological polar surface area (TPSA) is 63.2 Å². The van der Waals surface area contributed by atoms with Crippen molar-refractivity contribution in [2.45, 2.75) is 75.5 Å². The minimum absolute atomic E-state index is 0.0196. The summed E-state index contributed by atoms with van der Waals surface area (Å²) in [6.07, 6.45) is 3.15. The molecule has 0 heterocycles. The first kappa shape index (κ1) is 18.0. The average molecular weight is 337 g/mol. The molecular weight excluding hydrogens is 310 g/mol. The van der Waals surface area contributed by atoms with E-state index in [2.05, 4.69) is 5.32 Å². The molecule has 0 bridgehead atoms. The van der Waals surface area contributed by atoms with Crippen LogP contribution in [0.3, 0.4) is 0 Å². The molecule has 1 atom stereocenters. The van der Waals surface area contributed by atoms with Crippen LogP contribution in [-0.2, 0) is 14.6 Å². The number of nitrogens with one attached hydrogen (secondary N) is 1. The van der Waals surface area contributed by atoms with Gasteiger partial charge in [-0.15, -0.1) is 0 Å². The number of hydrogen-bond acceptors (Lipinski definition) is 3. The van der Waals surface area contributed by atoms with Gasteiger partial charge in [-0.3, -0.25) is 4.79 Å². The van der Waals surface area contributed by atoms with Gasteiger partial charge < -0.3 is 5.32 Å². The molecule has 2 rings (SSSR count). The Hall–Kier alpha value is -1.36. The minimum Gasteiger partial charge on any atom is -0.352 e. The molecule has 4 nitrogen and oxygen atoms in total. The van der Waals surface area contributed by atoms with Gasteiger partial charge in [-0.05, 0) is 57.2 Å². The quantitative estimate of drug-likeness (QED) is 0.896. The summed E-state index contributed by atoms with van der Waals surface area (Å²) in [7, 11) is -3.72. The summed E-state index contributed by atoms with van der Waals surface area (Å²) in [6, 6.07) is 5.39. The first-order valence-corrected chi connectivity index (χ1v) is 9.86. The number of amides is 1. The van der Waals surface area contributed by atoms with Crippen molar-refractivity contribution < 1.29 is 13.2 Å². The lowest BCUT2D eigenvalue weighted by atomic mass is 10.1. The third-order valence-corrected chi connectivity index (χ3v) is 7.60. The summed E-state index contributed by atoms with van der Waals surface area (Å²) >= 11 is 0. The van der Waals surface area contributed by atoms with Crippen LogP contribution in [0.5, 0.6) is 0 Å². The molecule has 1 saturated carbocycles. The van der Waals surface area contributed by atoms with Crippen molar-refractivity contribution in [3.05, 3.63) is 29.3 Å². The largest absolute Gasteiger partial charge is 0.352 e. The van der Waals surface area contributed by atoms with E-state index in [0.29, 0.717) is 23.3 Å². The summed E-state index contributed by atoms with van der Waals surface area (Å²) in [5.41, 5.74) is 1.60. The van der Waals surface area contributed by atoms with Gasteiger partial charge in [0.05, 0.1) is 4.90 Å². The number of hydrogen-bond donors (Lipinski definition) is 1. The van der Waals surface area contributed by atoms with Gasteiger partial charge in [-0.2, -0.15) is 0 Å². The molecule has 5 heteroatoms. The molecule has 128 valence electrons. The number of sulfone groups is 1. The van der Waals surface area contributed by atoms with Crippen molar-refractivity contribution in [1.29, 1.82) is 0 Å². The van der Waals surface area contributed by atoms with Crippen LogP contribution in [0.4, 0.5) is 0 Å². The van der Waals surface area contributed by atoms with Crippen molar-refractivity contribution in [2.75, 3.05) is 0 Å². The zero-order valence-corrected chi connectivity index (χ0v) is 15.3. The van der Waals surface area contributed by atoms with E-state index in [1.807, 2.05) is 32.9 Å². The Balaban J connectivity index is 2.51. The third-order valence-electron chi connectivity index (χ3n) is 4.96. The van der Waals surface area contributed by atoms with Gasteiger partial charge in [0.25, 0.3) is 0 Å². The van der Waals surface area contributed by atoms with Gasteiger partial charge in [0.1, 0.15) is 0 Å². The highest BCUT2D eigenvalue weighted by molar-refractivity contribution is 7.93. The van der Waals surface area contributed by atoms with Crippen LogP contribution in [0.15, 0.2) is 23.1 Å². The molecule has 1 aromatic carbocycles. The molecule has 1 aromatic rings. The predicted octanol–water partition coefficient (Wildman–Crippen LogP) is 3.30. The SMILES string of the molecule is CCC(C)NC(=O)C1(S(=O)(=O)c2cc(C)ccc2C)CCCC1. The fraction of sp³-hybridized carbons (Fsp3) is 0.611. The van der Waals surface area contributed by atoms with E-state index < -0.39 is 14.6 Å². The number of aryl methyl sites for hydroxylation is 2. The molecule has 0 radical (unpaired) electrons. The van der Waals surface area contributed by atoms with Crippen LogP contribution >= 0.6 is 0 Å². The highest BCUT2D eigenvalue weighted by Crippen LogP contribution is 2.41. The van der Waals surface area contributed by atoms with E-state index in [1.54, 1.807) is 13.0 Å². The van der Waals surface area contributed by atoms with Crippen LogP contribution in [0, 0.1) is 13.8 Å². The van der Waals surface area contributed by atoms with Gasteiger partial charge in [0.15, 0.2) is 14.6 Å². The van der Waals surface area contributed by atoms with Crippen LogP contribution in [0.1, 0.15) is 57.1 Å². The molecule has 0 aromatic heterocycles. The van der Waals surface area contributed by atoms with Gasteiger partial charge in [-0.25, -0.2) is 8.42 Å². The molecule has 0 spiro atoms. The first-order chi connectivity index (χ1) is 10.7. The van der Waals surface area contributed by atoms with Gasteiger partial charge in [0, 0.05) is 6.04 Å². The molecule has 1 unspecified atom stereocenters. The maximum absolute atomic E-state index is 13.4. The van der Waals surface area contributed by atoms with E-state index in [9.17, 15) is 13.2 Å². The van der Waals surface area contributed by atoms with Crippen LogP contribution in [0.25, 0.3) is 0 Å². The van der Waals surface area contributed by atoms with Gasteiger partial charge >= 0.3 is 0 Å². The second-order valence-corrected chi connectivity index (χ2v) is 8.98. The van der Waals surface area contributed by atoms with Gasteiger partial charge in [-0.1, -0.05) is 31.9 Å². The Kier molecular flexibility index (Phi) is 5.19. The smallest absolute Gasteiger partial charge is 0.242 e. The Morgan fingerprint density at radius 1 is 1.26 bits per heavy atom. The van der Waals surface area contributed by atoms with E-state index in [4.69, 9.17) is 0 Å². The first-order valence-electron chi connectivity index (χ1n) is 8.37. The van der Waals surface area contributed by atoms with Crippen molar-refractivity contribution >= 4 is 15.7 Å². The highest BCUT2D eigenvalue weighted by atomic mass is 32.2. The molecule has 0 aliphatic heterocycles. The summed E-state index contributed by atoms with van der Waals surface area (Å²) in [4.78, 5) is 13.2. The summed E-state index contributed by atoms with van der Waals surface area (Å²) in [5.74, 6) is -0.328. The van der Waals surface area contributed by atoms with Crippen molar-refractivity contribution in [3.8, 4) is 0 Å². The van der Waals surface area contributed by atoms with Gasteiger partial charge in [0.2, 0.25) is 5.91 Å². The van der Waals surface area contributed by atoms with E-state index in [1.165, 1.54) is 0 Å². The lowest BCUT2D eigenvalue weighted by molar-refractivity contribution is -0.124. The molecule has 23 heavy (non-hydrogen) atoms. The average Bonchev–Trinajstić information content (AvgIpc) is 3.00. The standard InChI is InChI=1S/C18H27NO3S/c1-5-15(4)19-17(20)18(10-6-7-11-18)23(21,22)16-12-13(2)8-9-14(16)3/h8-9,12,15H,5-7,10-11H2,1-4H3,(H,19,20).